The molecule has 0 bridgehead atoms. The van der Waals surface area contributed by atoms with Gasteiger partial charge in [0.15, 0.2) is 0 Å². The first-order valence-electron chi connectivity index (χ1n) is 14.8. The van der Waals surface area contributed by atoms with Gasteiger partial charge in [-0.05, 0) is 72.3 Å². The summed E-state index contributed by atoms with van der Waals surface area (Å²) in [7, 11) is -2.79. The van der Waals surface area contributed by atoms with E-state index >= 15 is 8.78 Å². The van der Waals surface area contributed by atoms with Gasteiger partial charge in [-0.2, -0.15) is 0 Å². The van der Waals surface area contributed by atoms with Crippen molar-refractivity contribution in [1.82, 2.24) is 24.0 Å². The fraction of sp³-hybridized carbons (Fsp3) is 0.0882. The summed E-state index contributed by atoms with van der Waals surface area (Å²) in [6.45, 7) is 0. The number of anilines is 1. The number of aliphatic carboxylic acids is 1. The lowest BCUT2D eigenvalue weighted by Gasteiger charge is -2.16. The van der Waals surface area contributed by atoms with Gasteiger partial charge in [0.1, 0.15) is 23.2 Å². The van der Waals surface area contributed by atoms with Crippen molar-refractivity contribution in [3.8, 4) is 11.4 Å². The molecule has 13 nitrogen and oxygen atoms in total. The maximum atomic E-state index is 15.1. The van der Waals surface area contributed by atoms with Crippen LogP contribution in [0.3, 0.4) is 0 Å². The van der Waals surface area contributed by atoms with Gasteiger partial charge in [-0.1, -0.05) is 12.1 Å². The first-order valence-corrected chi connectivity index (χ1v) is 16.3. The smallest absolute Gasteiger partial charge is 0.335 e. The average molecular weight is 701 g/mol. The third kappa shape index (κ3) is 6.51. The van der Waals surface area contributed by atoms with Crippen LogP contribution in [0.5, 0.6) is 0 Å². The Hall–Kier alpha value is -6.42. The summed E-state index contributed by atoms with van der Waals surface area (Å²) in [5, 5.41) is 12.1. The molecule has 0 fully saturated rings. The number of hydrogen-bond donors (Lipinski definition) is 3. The number of rotatable bonds is 10. The molecule has 0 aliphatic rings. The second-order valence-electron chi connectivity index (χ2n) is 11.1. The largest absolute Gasteiger partial charge is 0.480 e. The fourth-order valence-electron chi connectivity index (χ4n) is 5.34. The molecule has 3 aromatic heterocycles. The van der Waals surface area contributed by atoms with Crippen molar-refractivity contribution in [1.29, 1.82) is 0 Å². The summed E-state index contributed by atoms with van der Waals surface area (Å²) in [5.74, 6) is -5.77. The number of aromatic nitrogens is 4. The molecule has 1 amide bonds. The van der Waals surface area contributed by atoms with Crippen LogP contribution in [-0.4, -0.2) is 50.1 Å². The van der Waals surface area contributed by atoms with Crippen LogP contribution < -0.4 is 21.3 Å². The predicted molar refractivity (Wildman–Crippen MR) is 178 cm³/mol. The Morgan fingerprint density at radius 1 is 0.920 bits per heavy atom. The number of halogens is 2. The molecule has 3 aromatic carbocycles. The average Bonchev–Trinajstić information content (AvgIpc) is 3.63. The Morgan fingerprint density at radius 2 is 1.54 bits per heavy atom. The van der Waals surface area contributed by atoms with E-state index in [9.17, 15) is 32.7 Å². The molecule has 3 N–H and O–H groups in total. The molecule has 0 saturated carbocycles. The first kappa shape index (κ1) is 33.5. The number of pyridine rings is 1. The van der Waals surface area contributed by atoms with E-state index in [1.165, 1.54) is 66.5 Å². The molecule has 16 heteroatoms. The number of nitrogens with one attached hydrogen (secondary N) is 2. The number of aryl methyl sites for hydroxylation is 1. The van der Waals surface area contributed by atoms with Crippen molar-refractivity contribution in [2.45, 2.75) is 17.4 Å². The lowest BCUT2D eigenvalue weighted by molar-refractivity contribution is -0.139. The lowest BCUT2D eigenvalue weighted by Crippen LogP contribution is -2.43. The van der Waals surface area contributed by atoms with Gasteiger partial charge in [-0.3, -0.25) is 23.9 Å². The lowest BCUT2D eigenvalue weighted by atomic mass is 10.0. The van der Waals surface area contributed by atoms with E-state index < -0.39 is 62.1 Å². The monoisotopic (exact) mass is 700 g/mol. The summed E-state index contributed by atoms with van der Waals surface area (Å²) in [5.41, 5.74) is -1.27. The van der Waals surface area contributed by atoms with Crippen molar-refractivity contribution in [3.05, 3.63) is 147 Å². The normalized spacial score (nSPS) is 12.1. The number of hydrogen-bond acceptors (Lipinski definition) is 7. The molecule has 1 atom stereocenters. The number of benzene rings is 3. The molecule has 0 aliphatic carbocycles. The van der Waals surface area contributed by atoms with Crippen molar-refractivity contribution >= 4 is 38.5 Å². The van der Waals surface area contributed by atoms with Crippen LogP contribution in [0.2, 0.25) is 0 Å². The zero-order valence-electron chi connectivity index (χ0n) is 25.9. The zero-order valence-corrected chi connectivity index (χ0v) is 26.8. The van der Waals surface area contributed by atoms with Gasteiger partial charge in [0.05, 0.1) is 33.4 Å². The van der Waals surface area contributed by atoms with Gasteiger partial charge in [-0.15, -0.1) is 0 Å². The van der Waals surface area contributed by atoms with Crippen LogP contribution in [0.25, 0.3) is 22.3 Å². The number of carboxylic acid groups (broad SMARTS) is 1. The highest BCUT2D eigenvalue weighted by Crippen LogP contribution is 2.23. The molecule has 0 spiro atoms. The molecular weight excluding hydrogens is 674 g/mol. The Morgan fingerprint density at radius 3 is 2.16 bits per heavy atom. The van der Waals surface area contributed by atoms with Gasteiger partial charge in [0.2, 0.25) is 0 Å². The van der Waals surface area contributed by atoms with Gasteiger partial charge < -0.3 is 15.0 Å². The summed E-state index contributed by atoms with van der Waals surface area (Å²) >= 11 is 0. The molecular formula is C34H26F2N6O7S. The third-order valence-electron chi connectivity index (χ3n) is 7.88. The standard InChI is InChI=1S/C34H26F2N6O7S/c1-40-29-19-37-13-12-25(29)32(44)42(34(40)47)23-6-4-20(5-7-23)16-28(33(45)46)38-31(43)30-26(35)17-21(18-27(30)36)39-50(48,49)24-10-8-22(9-11-24)41-14-2-3-15-41/h2-15,17-19,28,39H,16H2,1H3,(H,38,43)(H,45,46)/t28-/m0/s1. The van der Waals surface area contributed by atoms with Gasteiger partial charge in [0, 0.05) is 37.7 Å². The third-order valence-corrected chi connectivity index (χ3v) is 9.28. The second-order valence-corrected chi connectivity index (χ2v) is 12.8. The van der Waals surface area contributed by atoms with Crippen molar-refractivity contribution < 1.29 is 31.9 Å². The molecule has 0 radical (unpaired) electrons. The SMILES string of the molecule is Cn1c(=O)n(-c2ccc(C[C@H](NC(=O)c3c(F)cc(NS(=O)(=O)c4ccc(-n5cccc5)cc4)cc3F)C(=O)O)cc2)c(=O)c2ccncc21. The Balaban J connectivity index is 1.17. The van der Waals surface area contributed by atoms with Crippen LogP contribution in [0.1, 0.15) is 15.9 Å². The number of carbonyl (C=O) groups excluding carboxylic acids is 1. The fourth-order valence-corrected chi connectivity index (χ4v) is 6.38. The minimum absolute atomic E-state index is 0.183. The number of nitrogens with zero attached hydrogens (tertiary/aromatic N) is 4. The van der Waals surface area contributed by atoms with Crippen LogP contribution in [0.4, 0.5) is 14.5 Å². The van der Waals surface area contributed by atoms with E-state index in [2.05, 4.69) is 15.0 Å². The molecule has 6 aromatic rings. The van der Waals surface area contributed by atoms with Crippen LogP contribution in [0, 0.1) is 11.6 Å². The van der Waals surface area contributed by atoms with Crippen LogP contribution in [-0.2, 0) is 28.3 Å². The zero-order chi connectivity index (χ0) is 35.7. The van der Waals surface area contributed by atoms with E-state index in [1.807, 2.05) is 0 Å². The molecule has 0 unspecified atom stereocenters. The molecule has 6 rings (SSSR count). The molecule has 0 saturated heterocycles. The number of sulfonamides is 1. The highest BCUT2D eigenvalue weighted by atomic mass is 32.2. The maximum absolute atomic E-state index is 15.1. The molecule has 254 valence electrons. The highest BCUT2D eigenvalue weighted by molar-refractivity contribution is 7.92. The first-order chi connectivity index (χ1) is 23.8. The Labute approximate surface area is 281 Å². The number of carboxylic acids is 1. The Bertz CT molecular complexity index is 2470. The maximum Gasteiger partial charge on any atom is 0.335 e. The highest BCUT2D eigenvalue weighted by Gasteiger charge is 2.27. The van der Waals surface area contributed by atoms with Gasteiger partial charge in [-0.25, -0.2) is 31.4 Å². The summed E-state index contributed by atoms with van der Waals surface area (Å²) in [6.07, 6.45) is 6.01. The summed E-state index contributed by atoms with van der Waals surface area (Å²) in [6, 6.07) is 16.1. The topological polar surface area (TPSA) is 174 Å². The molecule has 50 heavy (non-hydrogen) atoms. The minimum atomic E-state index is -4.28. The minimum Gasteiger partial charge on any atom is -0.480 e. The molecule has 3 heterocycles. The van der Waals surface area contributed by atoms with E-state index in [-0.39, 0.29) is 22.4 Å². The van der Waals surface area contributed by atoms with E-state index in [4.69, 9.17) is 0 Å². The van der Waals surface area contributed by atoms with E-state index in [1.54, 1.807) is 41.2 Å². The van der Waals surface area contributed by atoms with E-state index in [0.29, 0.717) is 28.9 Å². The number of carbonyl (C=O) groups is 2. The van der Waals surface area contributed by atoms with Gasteiger partial charge in [0.25, 0.3) is 21.5 Å². The van der Waals surface area contributed by atoms with E-state index in [0.717, 1.165) is 4.57 Å². The van der Waals surface area contributed by atoms with Crippen molar-refractivity contribution in [2.75, 3.05) is 4.72 Å². The van der Waals surface area contributed by atoms with Crippen molar-refractivity contribution in [2.24, 2.45) is 7.05 Å². The second kappa shape index (κ2) is 13.2. The molecule has 0 aliphatic heterocycles. The summed E-state index contributed by atoms with van der Waals surface area (Å²) < 4.78 is 62.0. The van der Waals surface area contributed by atoms with Gasteiger partial charge >= 0.3 is 11.7 Å². The number of fused-ring (bicyclic) bond motifs is 1. The van der Waals surface area contributed by atoms with Crippen LogP contribution >= 0.6 is 0 Å². The predicted octanol–water partition coefficient (Wildman–Crippen LogP) is 3.38. The summed E-state index contributed by atoms with van der Waals surface area (Å²) in [4.78, 5) is 54.7. The van der Waals surface area contributed by atoms with Crippen molar-refractivity contribution in [3.63, 3.8) is 0 Å². The quantitative estimate of drug-likeness (QED) is 0.195. The number of amides is 1. The van der Waals surface area contributed by atoms with Crippen LogP contribution in [0.15, 0.2) is 118 Å². The Kier molecular flexibility index (Phi) is 8.86.